The fourth-order valence-electron chi connectivity index (χ4n) is 4.27. The minimum Gasteiger partial charge on any atom is -1.00 e. The highest BCUT2D eigenvalue weighted by Crippen LogP contribution is 2.13. The summed E-state index contributed by atoms with van der Waals surface area (Å²) in [6, 6.07) is 0. The van der Waals surface area contributed by atoms with E-state index in [1.807, 2.05) is 7.11 Å². The predicted octanol–water partition coefficient (Wildman–Crippen LogP) is 2.98. The Morgan fingerprint density at radius 1 is 0.767 bits per heavy atom. The molecular weight excluding hydrogens is 489 g/mol. The Labute approximate surface area is 205 Å². The van der Waals surface area contributed by atoms with Crippen LogP contribution in [0.15, 0.2) is 0 Å². The molecule has 1 aliphatic heterocycles. The number of unbranched alkanes of at least 4 members (excludes halogenated alkanes) is 13. The Morgan fingerprint density at radius 3 is 1.70 bits per heavy atom. The summed E-state index contributed by atoms with van der Waals surface area (Å²) in [7, 11) is 4.12. The molecule has 1 unspecified atom stereocenters. The van der Waals surface area contributed by atoms with Gasteiger partial charge in [0.15, 0.2) is 0 Å². The molecule has 5 heteroatoms. The number of hydrogen-bond donors (Lipinski definition) is 0. The molecule has 0 aromatic carbocycles. The van der Waals surface area contributed by atoms with Crippen LogP contribution in [0.3, 0.4) is 0 Å². The highest BCUT2D eigenvalue weighted by atomic mass is 127. The molecule has 0 saturated carbocycles. The van der Waals surface area contributed by atoms with Gasteiger partial charge in [-0.05, 0) is 6.42 Å². The van der Waals surface area contributed by atoms with Crippen LogP contribution in [0.4, 0.5) is 0 Å². The average molecular weight is 542 g/mol. The largest absolute Gasteiger partial charge is 1.00 e. The molecule has 0 aliphatic carbocycles. The molecule has 1 heterocycles. The molecule has 1 atom stereocenters. The predicted molar refractivity (Wildman–Crippen MR) is 124 cm³/mol. The topological polar surface area (TPSA) is 27.7 Å². The van der Waals surface area contributed by atoms with Crippen molar-refractivity contribution >= 4 is 0 Å². The van der Waals surface area contributed by atoms with Gasteiger partial charge in [0.05, 0.1) is 26.9 Å². The Kier molecular flexibility index (Phi) is 21.8. The summed E-state index contributed by atoms with van der Waals surface area (Å²) in [5.74, 6) is 0. The summed E-state index contributed by atoms with van der Waals surface area (Å²) < 4.78 is 18.1. The van der Waals surface area contributed by atoms with E-state index >= 15 is 0 Å². The Balaban J connectivity index is 0.00000841. The summed E-state index contributed by atoms with van der Waals surface area (Å²) >= 11 is 0. The normalized spacial score (nSPS) is 16.9. The second kappa shape index (κ2) is 21.4. The molecule has 1 aliphatic rings. The van der Waals surface area contributed by atoms with E-state index in [1.165, 1.54) is 89.9 Å². The van der Waals surface area contributed by atoms with Gasteiger partial charge in [0.1, 0.15) is 25.7 Å². The van der Waals surface area contributed by atoms with E-state index in [1.54, 1.807) is 0 Å². The highest BCUT2D eigenvalue weighted by Gasteiger charge is 2.29. The molecule has 0 aromatic heterocycles. The Bertz CT molecular complexity index is 351. The Morgan fingerprint density at radius 2 is 1.23 bits per heavy atom. The number of hydrogen-bond acceptors (Lipinski definition) is 3. The van der Waals surface area contributed by atoms with Crippen molar-refractivity contribution in [2.75, 3.05) is 60.2 Å². The number of rotatable bonds is 20. The van der Waals surface area contributed by atoms with Crippen LogP contribution in [-0.4, -0.2) is 70.8 Å². The van der Waals surface area contributed by atoms with Crippen LogP contribution in [-0.2, 0) is 14.2 Å². The fourth-order valence-corrected chi connectivity index (χ4v) is 4.27. The summed E-state index contributed by atoms with van der Waals surface area (Å²) in [4.78, 5) is 0. The first-order chi connectivity index (χ1) is 14.2. The molecule has 182 valence electrons. The number of quaternary nitrogens is 1. The van der Waals surface area contributed by atoms with Crippen molar-refractivity contribution in [2.24, 2.45) is 0 Å². The van der Waals surface area contributed by atoms with Crippen LogP contribution >= 0.6 is 0 Å². The van der Waals surface area contributed by atoms with Gasteiger partial charge < -0.3 is 42.7 Å². The van der Waals surface area contributed by atoms with Crippen molar-refractivity contribution < 1.29 is 42.7 Å². The van der Waals surface area contributed by atoms with E-state index in [4.69, 9.17) is 14.2 Å². The maximum Gasteiger partial charge on any atom is 0.129 e. The van der Waals surface area contributed by atoms with Crippen molar-refractivity contribution in [1.29, 1.82) is 0 Å². The molecule has 0 radical (unpaired) electrons. The van der Waals surface area contributed by atoms with Crippen LogP contribution in [0.5, 0.6) is 0 Å². The van der Waals surface area contributed by atoms with E-state index in [9.17, 15) is 0 Å². The van der Waals surface area contributed by atoms with Gasteiger partial charge >= 0.3 is 0 Å². The van der Waals surface area contributed by atoms with Gasteiger partial charge in [-0.3, -0.25) is 0 Å². The third-order valence-electron chi connectivity index (χ3n) is 6.47. The zero-order chi connectivity index (χ0) is 21.0. The molecule has 0 amide bonds. The quantitative estimate of drug-likeness (QED) is 0.135. The molecule has 1 fully saturated rings. The van der Waals surface area contributed by atoms with Crippen LogP contribution in [0, 0.1) is 0 Å². The van der Waals surface area contributed by atoms with Gasteiger partial charge in [-0.15, -0.1) is 0 Å². The molecule has 0 spiro atoms. The lowest BCUT2D eigenvalue weighted by atomic mass is 10.0. The van der Waals surface area contributed by atoms with E-state index in [0.717, 1.165) is 50.5 Å². The summed E-state index contributed by atoms with van der Waals surface area (Å²) in [5, 5.41) is 0. The molecule has 1 saturated heterocycles. The highest BCUT2D eigenvalue weighted by molar-refractivity contribution is 4.58. The van der Waals surface area contributed by atoms with Gasteiger partial charge in [-0.2, -0.15) is 0 Å². The standard InChI is InChI=1S/C25H52NO3.HI/c1-4-5-6-7-8-9-10-11-12-13-14-15-16-17-20-29-24-25(27-3)23-26(2)18-21-28-22-19-26;/h25H,4-24H2,1-3H3;1H/q+1;/p-1. The van der Waals surface area contributed by atoms with Crippen LogP contribution in [0.1, 0.15) is 96.8 Å². The van der Waals surface area contributed by atoms with E-state index in [2.05, 4.69) is 14.0 Å². The number of halogens is 1. The fraction of sp³-hybridized carbons (Fsp3) is 1.00. The van der Waals surface area contributed by atoms with Gasteiger partial charge in [0.25, 0.3) is 0 Å². The van der Waals surface area contributed by atoms with Gasteiger partial charge in [0, 0.05) is 13.7 Å². The average Bonchev–Trinajstić information content (AvgIpc) is 2.73. The number of ether oxygens (including phenoxy) is 3. The maximum atomic E-state index is 5.91. The first-order valence-electron chi connectivity index (χ1n) is 12.7. The molecule has 4 nitrogen and oxygen atoms in total. The lowest BCUT2D eigenvalue weighted by Gasteiger charge is -2.39. The van der Waals surface area contributed by atoms with Crippen molar-refractivity contribution in [3.05, 3.63) is 0 Å². The third kappa shape index (κ3) is 17.2. The molecule has 0 aromatic rings. The van der Waals surface area contributed by atoms with Gasteiger partial charge in [-0.25, -0.2) is 0 Å². The van der Waals surface area contributed by atoms with Crippen molar-refractivity contribution in [1.82, 2.24) is 0 Å². The molecule has 1 rings (SSSR count). The number of nitrogens with zero attached hydrogens (tertiary/aromatic N) is 1. The minimum atomic E-state index is 0. The zero-order valence-electron chi connectivity index (χ0n) is 20.5. The minimum absolute atomic E-state index is 0. The first kappa shape index (κ1) is 30.6. The monoisotopic (exact) mass is 541 g/mol. The van der Waals surface area contributed by atoms with Crippen molar-refractivity contribution in [3.8, 4) is 0 Å². The van der Waals surface area contributed by atoms with Gasteiger partial charge in [-0.1, -0.05) is 90.4 Å². The molecule has 0 N–H and O–H groups in total. The van der Waals surface area contributed by atoms with Gasteiger partial charge in [0.2, 0.25) is 0 Å². The van der Waals surface area contributed by atoms with E-state index < -0.39 is 0 Å². The summed E-state index contributed by atoms with van der Waals surface area (Å²) in [6.07, 6.45) is 19.8. The van der Waals surface area contributed by atoms with Crippen molar-refractivity contribution in [2.45, 2.75) is 103 Å². The third-order valence-corrected chi connectivity index (χ3v) is 6.47. The SMILES string of the molecule is CCCCCCCCCCCCCCCCOCC(C[N+]1(C)CCOCC1)OC.[I-]. The second-order valence-electron chi connectivity index (χ2n) is 9.39. The second-order valence-corrected chi connectivity index (χ2v) is 9.39. The maximum absolute atomic E-state index is 5.91. The molecule has 30 heavy (non-hydrogen) atoms. The van der Waals surface area contributed by atoms with Crippen molar-refractivity contribution in [3.63, 3.8) is 0 Å². The van der Waals surface area contributed by atoms with E-state index in [-0.39, 0.29) is 30.1 Å². The lowest BCUT2D eigenvalue weighted by Crippen LogP contribution is -3.00. The number of likely N-dealkylation sites (N-methyl/N-ethyl adjacent to an activating group) is 1. The Hall–Kier alpha value is 0.570. The smallest absolute Gasteiger partial charge is 0.129 e. The number of methoxy groups -OCH3 is 1. The molecular formula is C25H52INO3. The zero-order valence-corrected chi connectivity index (χ0v) is 22.6. The van der Waals surface area contributed by atoms with Crippen LogP contribution in [0.25, 0.3) is 0 Å². The molecule has 0 bridgehead atoms. The number of morpholine rings is 1. The summed E-state index contributed by atoms with van der Waals surface area (Å²) in [6.45, 7) is 8.82. The van der Waals surface area contributed by atoms with Crippen LogP contribution < -0.4 is 24.0 Å². The van der Waals surface area contributed by atoms with E-state index in [0.29, 0.717) is 0 Å². The first-order valence-corrected chi connectivity index (χ1v) is 12.7. The summed E-state index contributed by atoms with van der Waals surface area (Å²) in [5.41, 5.74) is 0. The lowest BCUT2D eigenvalue weighted by molar-refractivity contribution is -0.919. The van der Waals surface area contributed by atoms with Crippen LogP contribution in [0.2, 0.25) is 0 Å².